The Bertz CT molecular complexity index is 707. The van der Waals surface area contributed by atoms with Crippen molar-refractivity contribution >= 4 is 6.03 Å². The maximum Gasteiger partial charge on any atom is 0.318 e. The minimum atomic E-state index is -0.331. The monoisotopic (exact) mass is 329 g/mol. The molecule has 7 nitrogen and oxygen atoms in total. The van der Waals surface area contributed by atoms with Gasteiger partial charge in [-0.1, -0.05) is 29.4 Å². The number of aryl methyl sites for hydroxylation is 1. The zero-order valence-electron chi connectivity index (χ0n) is 14.3. The summed E-state index contributed by atoms with van der Waals surface area (Å²) in [7, 11) is 2.06. The molecule has 1 aliphatic heterocycles. The van der Waals surface area contributed by atoms with Crippen LogP contribution < -0.4 is 5.32 Å². The van der Waals surface area contributed by atoms with Crippen LogP contribution in [0.4, 0.5) is 4.79 Å². The van der Waals surface area contributed by atoms with E-state index in [9.17, 15) is 4.79 Å². The molecule has 24 heavy (non-hydrogen) atoms. The van der Waals surface area contributed by atoms with E-state index in [1.54, 1.807) is 0 Å². The molecule has 1 fully saturated rings. The smallest absolute Gasteiger partial charge is 0.318 e. The predicted molar refractivity (Wildman–Crippen MR) is 90.5 cm³/mol. The van der Waals surface area contributed by atoms with E-state index in [4.69, 9.17) is 4.52 Å². The molecule has 3 rings (SSSR count). The number of hydrogen-bond acceptors (Lipinski definition) is 5. The van der Waals surface area contributed by atoms with Crippen LogP contribution in [-0.4, -0.2) is 59.2 Å². The normalized spacial score (nSPS) is 16.9. The van der Waals surface area contributed by atoms with E-state index in [0.717, 1.165) is 37.3 Å². The zero-order valence-corrected chi connectivity index (χ0v) is 14.3. The number of urea groups is 1. The lowest BCUT2D eigenvalue weighted by Crippen LogP contribution is -2.51. The molecule has 0 aliphatic carbocycles. The number of likely N-dealkylation sites (N-methyl/N-ethyl adjacent to an activating group) is 1. The van der Waals surface area contributed by atoms with Gasteiger partial charge in [0.05, 0.1) is 0 Å². The number of nitrogens with one attached hydrogen (secondary N) is 1. The second kappa shape index (κ2) is 7.00. The summed E-state index contributed by atoms with van der Waals surface area (Å²) in [5.41, 5.74) is 2.02. The average Bonchev–Trinajstić information content (AvgIpc) is 3.05. The Morgan fingerprint density at radius 1 is 1.25 bits per heavy atom. The van der Waals surface area contributed by atoms with E-state index in [1.165, 1.54) is 0 Å². The number of aromatic nitrogens is 2. The van der Waals surface area contributed by atoms with Crippen LogP contribution in [-0.2, 0) is 0 Å². The third kappa shape index (κ3) is 3.56. The fourth-order valence-corrected chi connectivity index (χ4v) is 2.69. The summed E-state index contributed by atoms with van der Waals surface area (Å²) in [6, 6.07) is 7.45. The van der Waals surface area contributed by atoms with Gasteiger partial charge in [-0.15, -0.1) is 0 Å². The Morgan fingerprint density at radius 2 is 1.96 bits per heavy atom. The van der Waals surface area contributed by atoms with Crippen LogP contribution in [0.2, 0.25) is 0 Å². The second-order valence-corrected chi connectivity index (χ2v) is 6.23. The summed E-state index contributed by atoms with van der Waals surface area (Å²) >= 11 is 0. The van der Waals surface area contributed by atoms with E-state index >= 15 is 0 Å². The lowest BCUT2D eigenvalue weighted by molar-refractivity contribution is 0.150. The second-order valence-electron chi connectivity index (χ2n) is 6.23. The number of rotatable bonds is 3. The van der Waals surface area contributed by atoms with Gasteiger partial charge in [-0.2, -0.15) is 4.98 Å². The molecule has 1 atom stereocenters. The van der Waals surface area contributed by atoms with E-state index in [0.29, 0.717) is 11.7 Å². The fraction of sp³-hybridized carbons (Fsp3) is 0.471. The Kier molecular flexibility index (Phi) is 4.80. The van der Waals surface area contributed by atoms with E-state index < -0.39 is 0 Å². The SMILES string of the molecule is Cc1ccccc1-c1noc(C(C)NC(=O)N2CCN(C)CC2)n1. The van der Waals surface area contributed by atoms with Gasteiger partial charge >= 0.3 is 6.03 Å². The van der Waals surface area contributed by atoms with E-state index in [-0.39, 0.29) is 12.1 Å². The molecule has 1 aromatic heterocycles. The van der Waals surface area contributed by atoms with Gasteiger partial charge in [-0.3, -0.25) is 0 Å². The zero-order chi connectivity index (χ0) is 17.1. The molecule has 1 saturated heterocycles. The van der Waals surface area contributed by atoms with Gasteiger partial charge < -0.3 is 19.6 Å². The van der Waals surface area contributed by atoms with Crippen LogP contribution in [0.5, 0.6) is 0 Å². The summed E-state index contributed by atoms with van der Waals surface area (Å²) in [6.45, 7) is 7.09. The molecule has 2 heterocycles. The molecule has 7 heteroatoms. The van der Waals surface area contributed by atoms with Gasteiger partial charge in [-0.25, -0.2) is 4.79 Å². The van der Waals surface area contributed by atoms with Crippen molar-refractivity contribution in [1.82, 2.24) is 25.3 Å². The maximum absolute atomic E-state index is 12.3. The predicted octanol–water partition coefficient (Wildman–Crippen LogP) is 2.06. The number of amides is 2. The fourth-order valence-electron chi connectivity index (χ4n) is 2.69. The lowest BCUT2D eigenvalue weighted by atomic mass is 10.1. The minimum absolute atomic E-state index is 0.0914. The molecule has 0 saturated carbocycles. The summed E-state index contributed by atoms with van der Waals surface area (Å²) in [6.07, 6.45) is 0. The van der Waals surface area contributed by atoms with Gasteiger partial charge in [0.25, 0.3) is 0 Å². The van der Waals surface area contributed by atoms with Gasteiger partial charge in [0.15, 0.2) is 0 Å². The number of nitrogens with zero attached hydrogens (tertiary/aromatic N) is 4. The van der Waals surface area contributed by atoms with Crippen molar-refractivity contribution in [2.24, 2.45) is 0 Å². The molecule has 2 amide bonds. The van der Waals surface area contributed by atoms with Crippen molar-refractivity contribution in [1.29, 1.82) is 0 Å². The lowest BCUT2D eigenvalue weighted by Gasteiger charge is -2.32. The molecule has 0 radical (unpaired) electrons. The molecule has 1 N–H and O–H groups in total. The van der Waals surface area contributed by atoms with Crippen LogP contribution in [0.1, 0.15) is 24.4 Å². The van der Waals surface area contributed by atoms with Crippen LogP contribution in [0.15, 0.2) is 28.8 Å². The highest BCUT2D eigenvalue weighted by atomic mass is 16.5. The Morgan fingerprint density at radius 3 is 2.67 bits per heavy atom. The Hall–Kier alpha value is -2.41. The highest BCUT2D eigenvalue weighted by Gasteiger charge is 2.23. The molecule has 0 spiro atoms. The first-order chi connectivity index (χ1) is 11.5. The van der Waals surface area contributed by atoms with Crippen molar-refractivity contribution in [3.8, 4) is 11.4 Å². The van der Waals surface area contributed by atoms with Crippen molar-refractivity contribution in [2.45, 2.75) is 19.9 Å². The number of piperazine rings is 1. The summed E-state index contributed by atoms with van der Waals surface area (Å²) in [5.74, 6) is 0.958. The van der Waals surface area contributed by atoms with Crippen LogP contribution in [0, 0.1) is 6.92 Å². The molecular formula is C17H23N5O2. The first-order valence-electron chi connectivity index (χ1n) is 8.18. The average molecular weight is 329 g/mol. The van der Waals surface area contributed by atoms with E-state index in [2.05, 4.69) is 27.4 Å². The quantitative estimate of drug-likeness (QED) is 0.933. The first-order valence-corrected chi connectivity index (χ1v) is 8.18. The van der Waals surface area contributed by atoms with Gasteiger partial charge in [-0.05, 0) is 26.5 Å². The van der Waals surface area contributed by atoms with Crippen molar-refractivity contribution in [3.05, 3.63) is 35.7 Å². The minimum Gasteiger partial charge on any atom is -0.337 e. The molecule has 1 aliphatic rings. The highest BCUT2D eigenvalue weighted by molar-refractivity contribution is 5.74. The van der Waals surface area contributed by atoms with Crippen LogP contribution in [0.25, 0.3) is 11.4 Å². The maximum atomic E-state index is 12.3. The molecule has 2 aromatic rings. The van der Waals surface area contributed by atoms with Crippen LogP contribution in [0.3, 0.4) is 0 Å². The van der Waals surface area contributed by atoms with Gasteiger partial charge in [0, 0.05) is 31.7 Å². The molecule has 128 valence electrons. The summed E-state index contributed by atoms with van der Waals surface area (Å²) in [5, 5.41) is 6.97. The number of hydrogen-bond donors (Lipinski definition) is 1. The number of carbonyl (C=O) groups excluding carboxylic acids is 1. The highest BCUT2D eigenvalue weighted by Crippen LogP contribution is 2.21. The summed E-state index contributed by atoms with van der Waals surface area (Å²) in [4.78, 5) is 20.8. The Labute approximate surface area is 141 Å². The molecular weight excluding hydrogens is 306 g/mol. The Balaban J connectivity index is 1.65. The van der Waals surface area contributed by atoms with Crippen molar-refractivity contribution in [2.75, 3.05) is 33.2 Å². The molecule has 1 aromatic carbocycles. The number of carbonyl (C=O) groups is 1. The summed E-state index contributed by atoms with van der Waals surface area (Å²) < 4.78 is 5.34. The van der Waals surface area contributed by atoms with Crippen molar-refractivity contribution < 1.29 is 9.32 Å². The van der Waals surface area contributed by atoms with E-state index in [1.807, 2.05) is 43.0 Å². The largest absolute Gasteiger partial charge is 0.337 e. The molecule has 0 bridgehead atoms. The van der Waals surface area contributed by atoms with Gasteiger partial charge in [0.2, 0.25) is 11.7 Å². The topological polar surface area (TPSA) is 74.5 Å². The van der Waals surface area contributed by atoms with Crippen molar-refractivity contribution in [3.63, 3.8) is 0 Å². The number of benzene rings is 1. The first kappa shape index (κ1) is 16.4. The standard InChI is InChI=1S/C17H23N5O2/c1-12-6-4-5-7-14(12)15-19-16(24-20-15)13(2)18-17(23)22-10-8-21(3)9-11-22/h4-7,13H,8-11H2,1-3H3,(H,18,23). The molecule has 1 unspecified atom stereocenters. The third-order valence-corrected chi connectivity index (χ3v) is 4.33. The van der Waals surface area contributed by atoms with Crippen LogP contribution >= 0.6 is 0 Å². The van der Waals surface area contributed by atoms with Gasteiger partial charge in [0.1, 0.15) is 6.04 Å². The third-order valence-electron chi connectivity index (χ3n) is 4.33.